The average Bonchev–Trinajstić information content (AvgIpc) is 2.94. The summed E-state index contributed by atoms with van der Waals surface area (Å²) in [5.74, 6) is 1.24. The second-order valence-corrected chi connectivity index (χ2v) is 5.53. The minimum atomic E-state index is 0.238. The fraction of sp³-hybridized carbons (Fsp3) is 0.385. The van der Waals surface area contributed by atoms with Crippen molar-refractivity contribution in [1.29, 1.82) is 0 Å². The van der Waals surface area contributed by atoms with Gasteiger partial charge in [-0.05, 0) is 17.9 Å². The molecular formula is C13H17ClN4S. The lowest BCUT2D eigenvalue weighted by Gasteiger charge is -2.18. The Bertz CT molecular complexity index is 515. The van der Waals surface area contributed by atoms with E-state index in [0.29, 0.717) is 16.8 Å². The molecule has 6 heteroatoms. The van der Waals surface area contributed by atoms with Gasteiger partial charge in [0.1, 0.15) is 5.02 Å². The van der Waals surface area contributed by atoms with E-state index in [1.165, 1.54) is 4.88 Å². The third-order valence-corrected chi connectivity index (χ3v) is 4.01. The van der Waals surface area contributed by atoms with Gasteiger partial charge in [-0.1, -0.05) is 31.0 Å². The van der Waals surface area contributed by atoms with Gasteiger partial charge in [0, 0.05) is 11.9 Å². The van der Waals surface area contributed by atoms with E-state index in [0.717, 1.165) is 12.8 Å². The van der Waals surface area contributed by atoms with E-state index in [9.17, 15) is 0 Å². The van der Waals surface area contributed by atoms with Crippen molar-refractivity contribution in [3.05, 3.63) is 33.6 Å². The zero-order chi connectivity index (χ0) is 13.7. The second kappa shape index (κ2) is 6.73. The molecule has 0 saturated heterocycles. The number of thiophene rings is 1. The Balaban J connectivity index is 2.21. The van der Waals surface area contributed by atoms with Gasteiger partial charge in [-0.3, -0.25) is 0 Å². The number of rotatable bonds is 6. The molecule has 0 amide bonds. The predicted octanol–water partition coefficient (Wildman–Crippen LogP) is 4.19. The van der Waals surface area contributed by atoms with Gasteiger partial charge in [-0.15, -0.1) is 11.3 Å². The van der Waals surface area contributed by atoms with E-state index < -0.39 is 0 Å². The summed E-state index contributed by atoms with van der Waals surface area (Å²) in [5.41, 5.74) is 0. The van der Waals surface area contributed by atoms with Gasteiger partial charge >= 0.3 is 0 Å². The molecule has 0 spiro atoms. The lowest BCUT2D eigenvalue weighted by atomic mass is 10.1. The maximum Gasteiger partial charge on any atom is 0.224 e. The summed E-state index contributed by atoms with van der Waals surface area (Å²) >= 11 is 7.89. The van der Waals surface area contributed by atoms with Crippen LogP contribution in [0, 0.1) is 0 Å². The van der Waals surface area contributed by atoms with E-state index >= 15 is 0 Å². The van der Waals surface area contributed by atoms with Gasteiger partial charge in [-0.25, -0.2) is 4.98 Å². The van der Waals surface area contributed by atoms with E-state index in [-0.39, 0.29) is 6.04 Å². The number of nitrogens with zero attached hydrogens (tertiary/aromatic N) is 2. The molecule has 0 aliphatic carbocycles. The SMILES string of the molecule is CCCC(Nc1nc(NC)ncc1Cl)c1cccs1. The second-order valence-electron chi connectivity index (χ2n) is 4.14. The standard InChI is InChI=1S/C13H17ClN4S/c1-3-5-10(11-6-4-7-19-11)17-12-9(14)8-16-13(15-2)18-12/h4,6-8,10H,3,5H2,1-2H3,(H2,15,16,17,18). The van der Waals surface area contributed by atoms with Crippen molar-refractivity contribution < 1.29 is 0 Å². The molecule has 1 atom stereocenters. The van der Waals surface area contributed by atoms with Gasteiger partial charge in [0.05, 0.1) is 12.2 Å². The van der Waals surface area contributed by atoms with Crippen LogP contribution in [0.1, 0.15) is 30.7 Å². The Morgan fingerprint density at radius 1 is 1.47 bits per heavy atom. The highest BCUT2D eigenvalue weighted by Crippen LogP contribution is 2.29. The highest BCUT2D eigenvalue weighted by atomic mass is 35.5. The average molecular weight is 297 g/mol. The number of hydrogen-bond acceptors (Lipinski definition) is 5. The van der Waals surface area contributed by atoms with Crippen molar-refractivity contribution in [2.75, 3.05) is 17.7 Å². The van der Waals surface area contributed by atoms with Gasteiger partial charge < -0.3 is 10.6 Å². The maximum atomic E-state index is 6.15. The van der Waals surface area contributed by atoms with Crippen LogP contribution < -0.4 is 10.6 Å². The highest BCUT2D eigenvalue weighted by Gasteiger charge is 2.14. The van der Waals surface area contributed by atoms with E-state index in [2.05, 4.69) is 45.0 Å². The normalized spacial score (nSPS) is 12.2. The lowest BCUT2D eigenvalue weighted by Crippen LogP contribution is -2.11. The third kappa shape index (κ3) is 3.58. The quantitative estimate of drug-likeness (QED) is 0.839. The molecule has 19 heavy (non-hydrogen) atoms. The zero-order valence-electron chi connectivity index (χ0n) is 11.0. The monoisotopic (exact) mass is 296 g/mol. The first-order valence-electron chi connectivity index (χ1n) is 6.24. The topological polar surface area (TPSA) is 49.8 Å². The molecule has 2 aromatic heterocycles. The van der Waals surface area contributed by atoms with Crippen molar-refractivity contribution in [2.45, 2.75) is 25.8 Å². The number of nitrogens with one attached hydrogen (secondary N) is 2. The summed E-state index contributed by atoms with van der Waals surface area (Å²) in [6.07, 6.45) is 3.74. The number of hydrogen-bond donors (Lipinski definition) is 2. The van der Waals surface area contributed by atoms with Crippen molar-refractivity contribution in [3.8, 4) is 0 Å². The van der Waals surface area contributed by atoms with Crippen LogP contribution in [0.2, 0.25) is 5.02 Å². The van der Waals surface area contributed by atoms with E-state index in [1.807, 2.05) is 0 Å². The Morgan fingerprint density at radius 3 is 2.95 bits per heavy atom. The molecule has 0 fully saturated rings. The number of aromatic nitrogens is 2. The van der Waals surface area contributed by atoms with Crippen molar-refractivity contribution in [1.82, 2.24) is 9.97 Å². The summed E-state index contributed by atoms with van der Waals surface area (Å²) in [6, 6.07) is 4.43. The Labute approximate surface area is 122 Å². The van der Waals surface area contributed by atoms with Gasteiger partial charge in [0.2, 0.25) is 5.95 Å². The molecule has 2 N–H and O–H groups in total. The summed E-state index contributed by atoms with van der Waals surface area (Å²) in [5, 5.41) is 8.95. The van der Waals surface area contributed by atoms with Crippen LogP contribution in [-0.4, -0.2) is 17.0 Å². The van der Waals surface area contributed by atoms with Gasteiger partial charge in [-0.2, -0.15) is 4.98 Å². The van der Waals surface area contributed by atoms with Crippen molar-refractivity contribution >= 4 is 34.7 Å². The fourth-order valence-corrected chi connectivity index (χ4v) is 2.78. The molecule has 0 saturated carbocycles. The molecule has 0 aliphatic rings. The number of halogens is 1. The van der Waals surface area contributed by atoms with Crippen LogP contribution in [0.25, 0.3) is 0 Å². The van der Waals surface area contributed by atoms with Crippen LogP contribution in [0.15, 0.2) is 23.7 Å². The molecule has 0 aromatic carbocycles. The van der Waals surface area contributed by atoms with Crippen LogP contribution in [0.3, 0.4) is 0 Å². The highest BCUT2D eigenvalue weighted by molar-refractivity contribution is 7.10. The lowest BCUT2D eigenvalue weighted by molar-refractivity contribution is 0.684. The Kier molecular flexibility index (Phi) is 4.99. The van der Waals surface area contributed by atoms with Crippen molar-refractivity contribution in [2.24, 2.45) is 0 Å². The molecular weight excluding hydrogens is 280 g/mol. The molecule has 1 unspecified atom stereocenters. The third-order valence-electron chi connectivity index (χ3n) is 2.74. The van der Waals surface area contributed by atoms with Gasteiger partial charge in [0.25, 0.3) is 0 Å². The maximum absolute atomic E-state index is 6.15. The summed E-state index contributed by atoms with van der Waals surface area (Å²) in [6.45, 7) is 2.17. The minimum Gasteiger partial charge on any atom is -0.361 e. The van der Waals surface area contributed by atoms with E-state index in [1.54, 1.807) is 24.6 Å². The van der Waals surface area contributed by atoms with Crippen LogP contribution >= 0.6 is 22.9 Å². The first kappa shape index (κ1) is 14.1. The van der Waals surface area contributed by atoms with Crippen molar-refractivity contribution in [3.63, 3.8) is 0 Å². The van der Waals surface area contributed by atoms with Crippen LogP contribution in [0.4, 0.5) is 11.8 Å². The molecule has 102 valence electrons. The molecule has 2 rings (SSSR count). The molecule has 0 bridgehead atoms. The Morgan fingerprint density at radius 2 is 2.32 bits per heavy atom. The Hall–Kier alpha value is -1.33. The van der Waals surface area contributed by atoms with Gasteiger partial charge in [0.15, 0.2) is 5.82 Å². The fourth-order valence-electron chi connectivity index (χ4n) is 1.82. The minimum absolute atomic E-state index is 0.238. The smallest absolute Gasteiger partial charge is 0.224 e. The molecule has 2 heterocycles. The largest absolute Gasteiger partial charge is 0.361 e. The summed E-state index contributed by atoms with van der Waals surface area (Å²) in [4.78, 5) is 9.74. The molecule has 0 radical (unpaired) electrons. The first-order chi connectivity index (χ1) is 9.24. The first-order valence-corrected chi connectivity index (χ1v) is 7.50. The molecule has 4 nitrogen and oxygen atoms in total. The zero-order valence-corrected chi connectivity index (χ0v) is 12.6. The molecule has 2 aromatic rings. The summed E-state index contributed by atoms with van der Waals surface area (Å²) < 4.78 is 0. The van der Waals surface area contributed by atoms with E-state index in [4.69, 9.17) is 11.6 Å². The summed E-state index contributed by atoms with van der Waals surface area (Å²) in [7, 11) is 1.79. The van der Waals surface area contributed by atoms with Crippen LogP contribution in [0.5, 0.6) is 0 Å². The molecule has 0 aliphatic heterocycles. The van der Waals surface area contributed by atoms with Crippen LogP contribution in [-0.2, 0) is 0 Å². The number of anilines is 2. The predicted molar refractivity (Wildman–Crippen MR) is 82.2 cm³/mol.